The summed E-state index contributed by atoms with van der Waals surface area (Å²) in [5, 5.41) is 0.990. The molecule has 0 heterocycles. The smallest absolute Gasteiger partial charge is 0.0634 e. The van der Waals surface area contributed by atoms with Crippen LogP contribution in [0.1, 0.15) is 34.1 Å². The summed E-state index contributed by atoms with van der Waals surface area (Å²) < 4.78 is 5.40. The van der Waals surface area contributed by atoms with Gasteiger partial charge in [-0.05, 0) is 41.2 Å². The molecule has 0 N–H and O–H groups in total. The molecule has 0 fully saturated rings. The Morgan fingerprint density at radius 2 is 1.71 bits per heavy atom. The quantitative estimate of drug-likeness (QED) is 0.685. The van der Waals surface area contributed by atoms with Gasteiger partial charge in [0.05, 0.1) is 5.60 Å². The van der Waals surface area contributed by atoms with Gasteiger partial charge in [-0.15, -0.1) is 0 Å². The van der Waals surface area contributed by atoms with Crippen molar-refractivity contribution in [3.05, 3.63) is 0 Å². The molecule has 86 valence electrons. The van der Waals surface area contributed by atoms with Crippen LogP contribution in [0.5, 0.6) is 0 Å². The van der Waals surface area contributed by atoms with Gasteiger partial charge in [0.1, 0.15) is 0 Å². The van der Waals surface area contributed by atoms with Gasteiger partial charge < -0.3 is 9.64 Å². The van der Waals surface area contributed by atoms with E-state index in [-0.39, 0.29) is 11.1 Å². The number of hydrogen-bond donors (Lipinski definition) is 0. The highest BCUT2D eigenvalue weighted by Crippen LogP contribution is 2.19. The van der Waals surface area contributed by atoms with E-state index in [4.69, 9.17) is 4.74 Å². The lowest BCUT2D eigenvalue weighted by Crippen LogP contribution is -2.44. The number of nitrogens with zero attached hydrogens (tertiary/aromatic N) is 1. The van der Waals surface area contributed by atoms with Crippen LogP contribution in [0.15, 0.2) is 0 Å². The fraction of sp³-hybridized carbons (Fsp3) is 1.00. The van der Waals surface area contributed by atoms with Gasteiger partial charge in [0.25, 0.3) is 0 Å². The van der Waals surface area contributed by atoms with E-state index in [2.05, 4.69) is 55.6 Å². The van der Waals surface area contributed by atoms with E-state index < -0.39 is 0 Å². The normalized spacial score (nSPS) is 13.7. The molecule has 3 heteroatoms. The Labute approximate surface area is 97.1 Å². The maximum atomic E-state index is 5.40. The Morgan fingerprint density at radius 3 is 2.07 bits per heavy atom. The van der Waals surface area contributed by atoms with Crippen molar-refractivity contribution < 1.29 is 4.74 Å². The average molecular weight is 266 g/mol. The SMILES string of the molecule is COC(C)(C)CCN(C)C(C)(C)CBr. The third-order valence-corrected chi connectivity index (χ3v) is 4.33. The van der Waals surface area contributed by atoms with E-state index in [9.17, 15) is 0 Å². The Balaban J connectivity index is 4.02. The highest BCUT2D eigenvalue weighted by Gasteiger charge is 2.24. The zero-order valence-corrected chi connectivity index (χ0v) is 11.9. The van der Waals surface area contributed by atoms with Crippen LogP contribution >= 0.6 is 15.9 Å². The minimum atomic E-state index is -0.0172. The summed E-state index contributed by atoms with van der Waals surface area (Å²) in [5.41, 5.74) is 0.195. The number of halogens is 1. The molecule has 0 bridgehead atoms. The van der Waals surface area contributed by atoms with Crippen LogP contribution in [-0.2, 0) is 4.74 Å². The van der Waals surface area contributed by atoms with E-state index in [1.165, 1.54) is 0 Å². The summed E-state index contributed by atoms with van der Waals surface area (Å²) in [6.07, 6.45) is 1.05. The fourth-order valence-corrected chi connectivity index (χ4v) is 1.37. The summed E-state index contributed by atoms with van der Waals surface area (Å²) in [6.45, 7) is 9.78. The fourth-order valence-electron chi connectivity index (χ4n) is 0.944. The number of hydrogen-bond acceptors (Lipinski definition) is 2. The topological polar surface area (TPSA) is 12.5 Å². The molecule has 14 heavy (non-hydrogen) atoms. The van der Waals surface area contributed by atoms with E-state index in [1.807, 2.05) is 0 Å². The van der Waals surface area contributed by atoms with Crippen LogP contribution < -0.4 is 0 Å². The second kappa shape index (κ2) is 5.47. The molecule has 0 aromatic rings. The van der Waals surface area contributed by atoms with E-state index in [1.54, 1.807) is 7.11 Å². The molecule has 2 nitrogen and oxygen atoms in total. The van der Waals surface area contributed by atoms with Crippen molar-refractivity contribution in [3.8, 4) is 0 Å². The summed E-state index contributed by atoms with van der Waals surface area (Å²) in [6, 6.07) is 0. The van der Waals surface area contributed by atoms with Gasteiger partial charge >= 0.3 is 0 Å². The van der Waals surface area contributed by atoms with Crippen LogP contribution in [0, 0.1) is 0 Å². The van der Waals surface area contributed by atoms with Crippen LogP contribution in [0.4, 0.5) is 0 Å². The van der Waals surface area contributed by atoms with Crippen molar-refractivity contribution in [2.24, 2.45) is 0 Å². The molecule has 0 rings (SSSR count). The molecule has 0 saturated heterocycles. The Hall–Kier alpha value is 0.400. The minimum Gasteiger partial charge on any atom is -0.379 e. The van der Waals surface area contributed by atoms with Gasteiger partial charge in [0, 0.05) is 24.5 Å². The Bertz CT molecular complexity index is 169. The molecule has 0 aliphatic heterocycles. The maximum Gasteiger partial charge on any atom is 0.0634 e. The molecular weight excluding hydrogens is 242 g/mol. The van der Waals surface area contributed by atoms with Crippen molar-refractivity contribution in [1.29, 1.82) is 0 Å². The van der Waals surface area contributed by atoms with Gasteiger partial charge in [-0.3, -0.25) is 0 Å². The molecule has 0 amide bonds. The second-order valence-electron chi connectivity index (χ2n) is 5.08. The molecule has 0 atom stereocenters. The van der Waals surface area contributed by atoms with Crippen molar-refractivity contribution in [2.75, 3.05) is 26.0 Å². The van der Waals surface area contributed by atoms with Crippen molar-refractivity contribution in [1.82, 2.24) is 4.90 Å². The first kappa shape index (κ1) is 14.4. The zero-order valence-electron chi connectivity index (χ0n) is 10.4. The highest BCUT2D eigenvalue weighted by molar-refractivity contribution is 9.09. The first-order valence-electron chi connectivity index (χ1n) is 5.07. The lowest BCUT2D eigenvalue weighted by Gasteiger charge is -2.36. The Kier molecular flexibility index (Phi) is 5.63. The average Bonchev–Trinajstić information content (AvgIpc) is 2.14. The van der Waals surface area contributed by atoms with Gasteiger partial charge in [-0.25, -0.2) is 0 Å². The minimum absolute atomic E-state index is 0.0172. The van der Waals surface area contributed by atoms with Gasteiger partial charge in [0.2, 0.25) is 0 Å². The van der Waals surface area contributed by atoms with Crippen LogP contribution in [0.3, 0.4) is 0 Å². The first-order chi connectivity index (χ1) is 6.25. The summed E-state index contributed by atoms with van der Waals surface area (Å²) in [5.74, 6) is 0. The highest BCUT2D eigenvalue weighted by atomic mass is 79.9. The van der Waals surface area contributed by atoms with E-state index in [0.29, 0.717) is 0 Å². The third kappa shape index (κ3) is 4.76. The molecule has 0 aliphatic carbocycles. The lowest BCUT2D eigenvalue weighted by atomic mass is 10.0. The predicted molar refractivity (Wildman–Crippen MR) is 66.2 cm³/mol. The first-order valence-corrected chi connectivity index (χ1v) is 6.20. The lowest BCUT2D eigenvalue weighted by molar-refractivity contribution is 0.00321. The molecule has 0 aromatic heterocycles. The molecule has 0 spiro atoms. The number of ether oxygens (including phenoxy) is 1. The number of rotatable bonds is 6. The predicted octanol–water partition coefficient (Wildman–Crippen LogP) is 2.91. The molecule has 0 saturated carbocycles. The molecular formula is C11H24BrNO. The number of methoxy groups -OCH3 is 1. The standard InChI is InChI=1S/C11H24BrNO/c1-10(2,9-12)13(5)8-7-11(3,4)14-6/h7-9H2,1-6H3. The molecule has 0 unspecified atom stereocenters. The van der Waals surface area contributed by atoms with Gasteiger partial charge in [0.15, 0.2) is 0 Å². The molecule has 0 aromatic carbocycles. The van der Waals surface area contributed by atoms with Crippen LogP contribution in [-0.4, -0.2) is 42.1 Å². The summed E-state index contributed by atoms with van der Waals surface area (Å²) in [4.78, 5) is 2.36. The van der Waals surface area contributed by atoms with Crippen molar-refractivity contribution >= 4 is 15.9 Å². The monoisotopic (exact) mass is 265 g/mol. The third-order valence-electron chi connectivity index (χ3n) is 2.96. The van der Waals surface area contributed by atoms with E-state index >= 15 is 0 Å². The second-order valence-corrected chi connectivity index (χ2v) is 5.64. The van der Waals surface area contributed by atoms with Crippen molar-refractivity contribution in [2.45, 2.75) is 45.3 Å². The maximum absolute atomic E-state index is 5.40. The largest absolute Gasteiger partial charge is 0.379 e. The Morgan fingerprint density at radius 1 is 1.21 bits per heavy atom. The molecule has 0 aliphatic rings. The van der Waals surface area contributed by atoms with Crippen LogP contribution in [0.25, 0.3) is 0 Å². The van der Waals surface area contributed by atoms with E-state index in [0.717, 1.165) is 18.3 Å². The summed E-state index contributed by atoms with van der Waals surface area (Å²) >= 11 is 3.54. The number of alkyl halides is 1. The van der Waals surface area contributed by atoms with Crippen LogP contribution in [0.2, 0.25) is 0 Å². The van der Waals surface area contributed by atoms with Gasteiger partial charge in [-0.2, -0.15) is 0 Å². The van der Waals surface area contributed by atoms with Crippen molar-refractivity contribution in [3.63, 3.8) is 0 Å². The zero-order chi connectivity index (χ0) is 11.4. The summed E-state index contributed by atoms with van der Waals surface area (Å²) in [7, 11) is 3.93. The van der Waals surface area contributed by atoms with Gasteiger partial charge in [-0.1, -0.05) is 15.9 Å². The molecule has 0 radical (unpaired) electrons.